The van der Waals surface area contributed by atoms with E-state index in [1.165, 1.54) is 25.3 Å². The van der Waals surface area contributed by atoms with Gasteiger partial charge in [0, 0.05) is 11.6 Å². The van der Waals surface area contributed by atoms with Crippen molar-refractivity contribution in [3.8, 4) is 5.75 Å². The van der Waals surface area contributed by atoms with Gasteiger partial charge in [-0.1, -0.05) is 42.5 Å². The third-order valence-corrected chi connectivity index (χ3v) is 5.01. The summed E-state index contributed by atoms with van der Waals surface area (Å²) in [5, 5.41) is 3.64. The first-order chi connectivity index (χ1) is 12.4. The fourth-order valence-corrected chi connectivity index (χ4v) is 3.37. The van der Waals surface area contributed by atoms with E-state index in [1.807, 2.05) is 0 Å². The predicted octanol–water partition coefficient (Wildman–Crippen LogP) is 4.39. The van der Waals surface area contributed by atoms with Crippen LogP contribution in [0.1, 0.15) is 46.0 Å². The van der Waals surface area contributed by atoms with Crippen molar-refractivity contribution in [3.63, 3.8) is 0 Å². The molecule has 0 aromatic heterocycles. The number of amides is 1. The largest absolute Gasteiger partial charge is 0.477 e. The van der Waals surface area contributed by atoms with Crippen LogP contribution in [0.15, 0.2) is 18.2 Å². The van der Waals surface area contributed by atoms with Gasteiger partial charge >= 0.3 is 5.97 Å². The minimum atomic E-state index is -0.901. The van der Waals surface area contributed by atoms with E-state index in [2.05, 4.69) is 5.32 Å². The molecule has 144 valence electrons. The molecule has 2 rings (SSSR count). The molecule has 1 saturated carbocycles. The third-order valence-electron chi connectivity index (χ3n) is 4.48. The highest BCUT2D eigenvalue weighted by molar-refractivity contribution is 6.35. The molecule has 0 bridgehead atoms. The Balaban J connectivity index is 1.78. The van der Waals surface area contributed by atoms with Crippen LogP contribution in [0.2, 0.25) is 10.0 Å². The molecule has 0 spiro atoms. The summed E-state index contributed by atoms with van der Waals surface area (Å²) in [5.41, 5.74) is 0. The smallest absolute Gasteiger partial charge is 0.347 e. The van der Waals surface area contributed by atoms with E-state index in [4.69, 9.17) is 32.7 Å². The molecule has 1 aromatic carbocycles. The van der Waals surface area contributed by atoms with Gasteiger partial charge in [-0.25, -0.2) is 4.79 Å². The molecule has 1 aliphatic rings. The lowest BCUT2D eigenvalue weighted by Crippen LogP contribution is -2.40. The minimum absolute atomic E-state index is 0.291. The number of carbonyl (C=O) groups is 2. The summed E-state index contributed by atoms with van der Waals surface area (Å²) in [4.78, 5) is 24.3. The van der Waals surface area contributed by atoms with Crippen molar-refractivity contribution in [2.45, 2.75) is 58.2 Å². The van der Waals surface area contributed by atoms with Crippen LogP contribution in [-0.4, -0.2) is 30.6 Å². The highest BCUT2D eigenvalue weighted by atomic mass is 35.5. The normalized spacial score (nSPS) is 17.2. The second-order valence-electron chi connectivity index (χ2n) is 6.66. The number of nitrogens with one attached hydrogen (secondary N) is 1. The first kappa shape index (κ1) is 20.8. The molecule has 0 aliphatic heterocycles. The number of carbonyl (C=O) groups excluding carboxylic acids is 2. The van der Waals surface area contributed by atoms with Crippen LogP contribution in [0, 0.1) is 5.92 Å². The molecular formula is C19H25Cl2NO4. The maximum atomic E-state index is 12.2. The van der Waals surface area contributed by atoms with E-state index < -0.39 is 18.2 Å². The van der Waals surface area contributed by atoms with E-state index in [0.29, 0.717) is 28.3 Å². The molecule has 0 heterocycles. The van der Waals surface area contributed by atoms with Gasteiger partial charge < -0.3 is 14.8 Å². The first-order valence-corrected chi connectivity index (χ1v) is 9.72. The molecule has 1 amide bonds. The van der Waals surface area contributed by atoms with Crippen LogP contribution in [0.4, 0.5) is 0 Å². The topological polar surface area (TPSA) is 64.6 Å². The number of ether oxygens (including phenoxy) is 2. The summed E-state index contributed by atoms with van der Waals surface area (Å²) in [7, 11) is 0. The van der Waals surface area contributed by atoms with Gasteiger partial charge in [0.2, 0.25) is 0 Å². The molecule has 1 aromatic rings. The van der Waals surface area contributed by atoms with Gasteiger partial charge in [0.25, 0.3) is 5.91 Å². The molecule has 5 nitrogen and oxygen atoms in total. The van der Waals surface area contributed by atoms with Gasteiger partial charge in [0.1, 0.15) is 5.75 Å². The average Bonchev–Trinajstić information content (AvgIpc) is 2.62. The minimum Gasteiger partial charge on any atom is -0.477 e. The lowest BCUT2D eigenvalue weighted by molar-refractivity contribution is -0.160. The Morgan fingerprint density at radius 2 is 1.85 bits per heavy atom. The zero-order chi connectivity index (χ0) is 19.1. The monoisotopic (exact) mass is 401 g/mol. The van der Waals surface area contributed by atoms with Crippen molar-refractivity contribution in [3.05, 3.63) is 28.2 Å². The third kappa shape index (κ3) is 6.36. The van der Waals surface area contributed by atoms with Gasteiger partial charge in [0.05, 0.1) is 5.02 Å². The lowest BCUT2D eigenvalue weighted by Gasteiger charge is -2.23. The molecule has 1 N–H and O–H groups in total. The maximum Gasteiger partial charge on any atom is 0.347 e. The molecule has 2 atom stereocenters. The number of hydrogen-bond donors (Lipinski definition) is 1. The number of rotatable bonds is 7. The van der Waals surface area contributed by atoms with Crippen molar-refractivity contribution in [1.29, 1.82) is 0 Å². The van der Waals surface area contributed by atoms with E-state index in [1.54, 1.807) is 26.0 Å². The second-order valence-corrected chi connectivity index (χ2v) is 7.51. The van der Waals surface area contributed by atoms with Gasteiger partial charge in [-0.15, -0.1) is 0 Å². The standard InChI is InChI=1S/C19H25Cl2NO4/c1-12(18(23)22-11-14-6-4-3-5-7-14)26-19(24)13(2)25-17-9-8-15(20)10-16(17)21/h8-10,12-14H,3-7,11H2,1-2H3,(H,22,23)/t12-,13-/m0/s1. The van der Waals surface area contributed by atoms with E-state index in [-0.39, 0.29) is 5.91 Å². The highest BCUT2D eigenvalue weighted by Crippen LogP contribution is 2.28. The van der Waals surface area contributed by atoms with Crippen LogP contribution in [0.5, 0.6) is 5.75 Å². The predicted molar refractivity (Wildman–Crippen MR) is 102 cm³/mol. The summed E-state index contributed by atoms with van der Waals surface area (Å²) in [5.74, 6) is -0.0724. The highest BCUT2D eigenvalue weighted by Gasteiger charge is 2.24. The Morgan fingerprint density at radius 3 is 2.50 bits per heavy atom. The molecule has 26 heavy (non-hydrogen) atoms. The Kier molecular flexibility index (Phi) is 8.04. The van der Waals surface area contributed by atoms with Crippen molar-refractivity contribution in [1.82, 2.24) is 5.32 Å². The fraction of sp³-hybridized carbons (Fsp3) is 0.579. The first-order valence-electron chi connectivity index (χ1n) is 8.96. The molecule has 0 unspecified atom stereocenters. The fourth-order valence-electron chi connectivity index (χ4n) is 2.91. The maximum absolute atomic E-state index is 12.2. The Labute approximate surface area is 164 Å². The zero-order valence-corrected chi connectivity index (χ0v) is 16.6. The Morgan fingerprint density at radius 1 is 1.15 bits per heavy atom. The molecule has 1 fully saturated rings. The Bertz CT molecular complexity index is 632. The van der Waals surface area contributed by atoms with Crippen LogP contribution in [-0.2, 0) is 14.3 Å². The van der Waals surface area contributed by atoms with Crippen molar-refractivity contribution in [2.75, 3.05) is 6.54 Å². The number of esters is 1. The number of benzene rings is 1. The van der Waals surface area contributed by atoms with Crippen molar-refractivity contribution in [2.24, 2.45) is 5.92 Å². The second kappa shape index (κ2) is 10.0. The van der Waals surface area contributed by atoms with Crippen LogP contribution < -0.4 is 10.1 Å². The van der Waals surface area contributed by atoms with E-state index >= 15 is 0 Å². The zero-order valence-electron chi connectivity index (χ0n) is 15.1. The lowest BCUT2D eigenvalue weighted by atomic mass is 9.89. The SMILES string of the molecule is C[C@H](OC(=O)[C@H](C)Oc1ccc(Cl)cc1Cl)C(=O)NCC1CCCCC1. The van der Waals surface area contributed by atoms with Gasteiger partial charge in [-0.2, -0.15) is 0 Å². The van der Waals surface area contributed by atoms with Crippen molar-refractivity contribution < 1.29 is 19.1 Å². The summed E-state index contributed by atoms with van der Waals surface area (Å²) in [6, 6.07) is 4.72. The van der Waals surface area contributed by atoms with E-state index in [9.17, 15) is 9.59 Å². The number of halogens is 2. The van der Waals surface area contributed by atoms with Crippen LogP contribution >= 0.6 is 23.2 Å². The molecular weight excluding hydrogens is 377 g/mol. The van der Waals surface area contributed by atoms with Crippen molar-refractivity contribution >= 4 is 35.1 Å². The van der Waals surface area contributed by atoms with Crippen LogP contribution in [0.3, 0.4) is 0 Å². The quantitative estimate of drug-likeness (QED) is 0.688. The molecule has 0 radical (unpaired) electrons. The summed E-state index contributed by atoms with van der Waals surface area (Å²) < 4.78 is 10.7. The summed E-state index contributed by atoms with van der Waals surface area (Å²) in [6.45, 7) is 3.73. The van der Waals surface area contributed by atoms with Gasteiger partial charge in [-0.05, 0) is 50.8 Å². The van der Waals surface area contributed by atoms with E-state index in [0.717, 1.165) is 12.8 Å². The average molecular weight is 402 g/mol. The number of hydrogen-bond acceptors (Lipinski definition) is 4. The summed E-state index contributed by atoms with van der Waals surface area (Å²) >= 11 is 11.9. The van der Waals surface area contributed by atoms with Gasteiger partial charge in [0.15, 0.2) is 12.2 Å². The molecule has 1 aliphatic carbocycles. The van der Waals surface area contributed by atoms with Gasteiger partial charge in [-0.3, -0.25) is 4.79 Å². The summed E-state index contributed by atoms with van der Waals surface area (Å²) in [6.07, 6.45) is 4.21. The molecule has 0 saturated heterocycles. The molecule has 7 heteroatoms. The van der Waals surface area contributed by atoms with Crippen LogP contribution in [0.25, 0.3) is 0 Å². The Hall–Kier alpha value is -1.46.